The number of hydrogen-bond acceptors (Lipinski definition) is 5. The molecule has 3 rings (SSSR count). The van der Waals surface area contributed by atoms with E-state index in [0.29, 0.717) is 5.92 Å². The third kappa shape index (κ3) is 5.17. The van der Waals surface area contributed by atoms with Crippen LogP contribution >= 0.6 is 0 Å². The van der Waals surface area contributed by atoms with Crippen molar-refractivity contribution in [1.82, 2.24) is 14.9 Å². The van der Waals surface area contributed by atoms with Crippen molar-refractivity contribution in [3.8, 4) is 0 Å². The van der Waals surface area contributed by atoms with Gasteiger partial charge in [-0.1, -0.05) is 6.07 Å². The van der Waals surface area contributed by atoms with Gasteiger partial charge in [-0.15, -0.1) is 0 Å². The van der Waals surface area contributed by atoms with E-state index < -0.39 is 5.60 Å². The minimum Gasteiger partial charge on any atom is -0.444 e. The van der Waals surface area contributed by atoms with E-state index in [1.54, 1.807) is 4.90 Å². The molecule has 0 spiro atoms. The predicted molar refractivity (Wildman–Crippen MR) is 95.6 cm³/mol. The molecule has 0 unspecified atom stereocenters. The van der Waals surface area contributed by atoms with E-state index in [4.69, 9.17) is 19.3 Å². The number of nitrogens with zero attached hydrogens (tertiary/aromatic N) is 2. The molecule has 1 aliphatic rings. The van der Waals surface area contributed by atoms with Crippen molar-refractivity contribution >= 4 is 23.3 Å². The zero-order chi connectivity index (χ0) is 19.3. The molecule has 1 saturated heterocycles. The summed E-state index contributed by atoms with van der Waals surface area (Å²) in [6.07, 6.45) is 1.87. The molecule has 140 valence electrons. The van der Waals surface area contributed by atoms with Gasteiger partial charge in [0.05, 0.1) is 11.0 Å². The van der Waals surface area contributed by atoms with E-state index in [2.05, 4.69) is 30.1 Å². The summed E-state index contributed by atoms with van der Waals surface area (Å²) in [7, 11) is 0. The fourth-order valence-corrected chi connectivity index (χ4v) is 3.00. The van der Waals surface area contributed by atoms with Gasteiger partial charge < -0.3 is 14.6 Å². The summed E-state index contributed by atoms with van der Waals surface area (Å²) in [5.74, 6) is 1.41. The maximum atomic E-state index is 12.1. The maximum Gasteiger partial charge on any atom is 0.410 e. The second kappa shape index (κ2) is 8.15. The SMILES string of the molecule is Cc1ccc2nc(C3CCN(C(=O)OC(C)(C)C)CC3)[nH]c2c1.O=C=O. The average molecular weight is 359 g/mol. The average Bonchev–Trinajstić information content (AvgIpc) is 2.97. The molecule has 0 bridgehead atoms. The number of piperidine rings is 1. The number of fused-ring (bicyclic) bond motifs is 1. The minimum absolute atomic E-state index is 0.212. The molecule has 0 aliphatic carbocycles. The molecule has 1 aliphatic heterocycles. The van der Waals surface area contributed by atoms with Crippen molar-refractivity contribution in [2.45, 2.75) is 52.1 Å². The molecular weight excluding hydrogens is 334 g/mol. The lowest BCUT2D eigenvalue weighted by Crippen LogP contribution is -2.41. The topological polar surface area (TPSA) is 92.4 Å². The van der Waals surface area contributed by atoms with Gasteiger partial charge in [0.2, 0.25) is 0 Å². The van der Waals surface area contributed by atoms with Gasteiger partial charge in [0.15, 0.2) is 0 Å². The highest BCUT2D eigenvalue weighted by Gasteiger charge is 2.28. The summed E-state index contributed by atoms with van der Waals surface area (Å²) in [6.45, 7) is 9.21. The number of likely N-dealkylation sites (tertiary alicyclic amines) is 1. The largest absolute Gasteiger partial charge is 0.444 e. The molecule has 1 fully saturated rings. The number of carbonyl (C=O) groups excluding carboxylic acids is 3. The Kier molecular flexibility index (Phi) is 6.16. The number of benzene rings is 1. The third-order valence-electron chi connectivity index (χ3n) is 4.19. The highest BCUT2D eigenvalue weighted by Crippen LogP contribution is 2.28. The predicted octanol–water partition coefficient (Wildman–Crippen LogP) is 3.40. The monoisotopic (exact) mass is 359 g/mol. The van der Waals surface area contributed by atoms with Crippen molar-refractivity contribution in [3.05, 3.63) is 29.6 Å². The number of H-pyrrole nitrogens is 1. The Hall–Kier alpha value is -2.66. The number of rotatable bonds is 1. The first-order chi connectivity index (χ1) is 12.2. The molecule has 2 aromatic rings. The van der Waals surface area contributed by atoms with Gasteiger partial charge in [0, 0.05) is 19.0 Å². The number of amides is 1. The molecule has 7 nitrogen and oxygen atoms in total. The van der Waals surface area contributed by atoms with E-state index in [-0.39, 0.29) is 12.2 Å². The van der Waals surface area contributed by atoms with Gasteiger partial charge in [0.25, 0.3) is 0 Å². The molecule has 0 radical (unpaired) electrons. The van der Waals surface area contributed by atoms with Crippen LogP contribution in [0.5, 0.6) is 0 Å². The molecule has 7 heteroatoms. The van der Waals surface area contributed by atoms with Crippen LogP contribution in [0.25, 0.3) is 11.0 Å². The number of aromatic amines is 1. The molecule has 26 heavy (non-hydrogen) atoms. The number of nitrogens with one attached hydrogen (secondary N) is 1. The fourth-order valence-electron chi connectivity index (χ4n) is 3.00. The van der Waals surface area contributed by atoms with Crippen molar-refractivity contribution < 1.29 is 19.1 Å². The zero-order valence-corrected chi connectivity index (χ0v) is 15.7. The van der Waals surface area contributed by atoms with E-state index in [0.717, 1.165) is 42.8 Å². The van der Waals surface area contributed by atoms with Crippen LogP contribution < -0.4 is 0 Å². The first kappa shape index (κ1) is 19.7. The van der Waals surface area contributed by atoms with Crippen molar-refractivity contribution in [1.29, 1.82) is 0 Å². The second-order valence-corrected chi connectivity index (χ2v) is 7.47. The Morgan fingerprint density at radius 1 is 1.27 bits per heavy atom. The smallest absolute Gasteiger partial charge is 0.410 e. The molecule has 2 heterocycles. The second-order valence-electron chi connectivity index (χ2n) is 7.47. The Labute approximate surface area is 152 Å². The standard InChI is InChI=1S/C18H25N3O2.CO2/c1-12-5-6-14-15(11-12)20-16(19-14)13-7-9-21(10-8-13)17(22)23-18(2,3)4;2-1-3/h5-6,11,13H,7-10H2,1-4H3,(H,19,20);. The molecule has 1 N–H and O–H groups in total. The van der Waals surface area contributed by atoms with Crippen molar-refractivity contribution in [2.24, 2.45) is 0 Å². The van der Waals surface area contributed by atoms with E-state index in [1.807, 2.05) is 20.8 Å². The Balaban J connectivity index is 0.000000758. The molecular formula is C19H25N3O4. The van der Waals surface area contributed by atoms with Gasteiger partial charge in [0.1, 0.15) is 11.4 Å². The molecule has 1 aromatic carbocycles. The quantitative estimate of drug-likeness (QED) is 0.842. The number of carbonyl (C=O) groups is 1. The van der Waals surface area contributed by atoms with Crippen LogP contribution in [0.3, 0.4) is 0 Å². The number of aryl methyl sites for hydroxylation is 1. The maximum absolute atomic E-state index is 12.1. The van der Waals surface area contributed by atoms with Crippen molar-refractivity contribution in [3.63, 3.8) is 0 Å². The van der Waals surface area contributed by atoms with Crippen LogP contribution in [-0.4, -0.2) is 45.8 Å². The molecule has 0 atom stereocenters. The fraction of sp³-hybridized carbons (Fsp3) is 0.526. The summed E-state index contributed by atoms with van der Waals surface area (Å²) in [5, 5.41) is 0. The summed E-state index contributed by atoms with van der Waals surface area (Å²) >= 11 is 0. The van der Waals surface area contributed by atoms with Crippen LogP contribution in [0.2, 0.25) is 0 Å². The summed E-state index contributed by atoms with van der Waals surface area (Å²) in [6, 6.07) is 6.26. The number of hydrogen-bond donors (Lipinski definition) is 1. The first-order valence-corrected chi connectivity index (χ1v) is 8.67. The number of ether oxygens (including phenoxy) is 1. The Morgan fingerprint density at radius 2 is 1.88 bits per heavy atom. The van der Waals surface area contributed by atoms with Gasteiger partial charge in [-0.2, -0.15) is 9.59 Å². The van der Waals surface area contributed by atoms with Crippen LogP contribution in [0.4, 0.5) is 4.79 Å². The number of aromatic nitrogens is 2. The Bertz CT molecular complexity index is 793. The van der Waals surface area contributed by atoms with E-state index >= 15 is 0 Å². The lowest BCUT2D eigenvalue weighted by Gasteiger charge is -2.32. The molecule has 1 amide bonds. The summed E-state index contributed by atoms with van der Waals surface area (Å²) in [4.78, 5) is 38.3. The minimum atomic E-state index is -0.440. The van der Waals surface area contributed by atoms with Gasteiger partial charge in [-0.25, -0.2) is 9.78 Å². The lowest BCUT2D eigenvalue weighted by atomic mass is 9.96. The van der Waals surface area contributed by atoms with Gasteiger partial charge >= 0.3 is 12.2 Å². The van der Waals surface area contributed by atoms with E-state index in [1.165, 1.54) is 5.56 Å². The van der Waals surface area contributed by atoms with Gasteiger partial charge in [-0.3, -0.25) is 0 Å². The molecule has 1 aromatic heterocycles. The zero-order valence-electron chi connectivity index (χ0n) is 15.7. The van der Waals surface area contributed by atoms with Crippen LogP contribution in [0.1, 0.15) is 50.9 Å². The normalized spacial score (nSPS) is 15.2. The third-order valence-corrected chi connectivity index (χ3v) is 4.19. The Morgan fingerprint density at radius 3 is 2.46 bits per heavy atom. The summed E-state index contributed by atoms with van der Waals surface area (Å²) in [5.41, 5.74) is 2.90. The van der Waals surface area contributed by atoms with Crippen LogP contribution in [0, 0.1) is 6.92 Å². The first-order valence-electron chi connectivity index (χ1n) is 8.67. The highest BCUT2D eigenvalue weighted by molar-refractivity contribution is 5.76. The van der Waals surface area contributed by atoms with Crippen LogP contribution in [0.15, 0.2) is 18.2 Å². The van der Waals surface area contributed by atoms with Gasteiger partial charge in [-0.05, 0) is 58.2 Å². The lowest BCUT2D eigenvalue weighted by molar-refractivity contribution is -0.191. The van der Waals surface area contributed by atoms with Crippen LogP contribution in [-0.2, 0) is 14.3 Å². The van der Waals surface area contributed by atoms with Crippen molar-refractivity contribution in [2.75, 3.05) is 13.1 Å². The number of imidazole rings is 1. The van der Waals surface area contributed by atoms with E-state index in [9.17, 15) is 4.79 Å². The summed E-state index contributed by atoms with van der Waals surface area (Å²) < 4.78 is 5.44. The highest BCUT2D eigenvalue weighted by atomic mass is 16.6. The molecule has 0 saturated carbocycles.